The molecule has 0 aromatic carbocycles. The highest BCUT2D eigenvalue weighted by molar-refractivity contribution is 7.91. The summed E-state index contributed by atoms with van der Waals surface area (Å²) in [6.07, 6.45) is 1.44. The van der Waals surface area contributed by atoms with E-state index in [-0.39, 0.29) is 17.0 Å². The van der Waals surface area contributed by atoms with Gasteiger partial charge in [0.05, 0.1) is 10.6 Å². The average Bonchev–Trinajstić information content (AvgIpc) is 2.91. The molecule has 0 fully saturated rings. The average molecular weight is 281 g/mol. The summed E-state index contributed by atoms with van der Waals surface area (Å²) >= 11 is 0. The van der Waals surface area contributed by atoms with Gasteiger partial charge in [0.1, 0.15) is 5.69 Å². The summed E-state index contributed by atoms with van der Waals surface area (Å²) in [5.74, 6) is 0.182. The van der Waals surface area contributed by atoms with Gasteiger partial charge >= 0.3 is 0 Å². The maximum absolute atomic E-state index is 11.9. The Morgan fingerprint density at radius 3 is 2.74 bits per heavy atom. The molecule has 0 spiro atoms. The Morgan fingerprint density at radius 2 is 2.21 bits per heavy atom. The van der Waals surface area contributed by atoms with Gasteiger partial charge in [-0.3, -0.25) is 4.98 Å². The summed E-state index contributed by atoms with van der Waals surface area (Å²) in [5.41, 5.74) is 0.434. The van der Waals surface area contributed by atoms with Gasteiger partial charge in [0.25, 0.3) is 6.92 Å². The van der Waals surface area contributed by atoms with E-state index < -0.39 is 16.8 Å². The fourth-order valence-electron chi connectivity index (χ4n) is 1.41. The van der Waals surface area contributed by atoms with E-state index in [4.69, 9.17) is 5.02 Å². The maximum Gasteiger partial charge on any atom is 0.286 e. The summed E-state index contributed by atoms with van der Waals surface area (Å²) in [6.45, 7) is 0.897. The van der Waals surface area contributed by atoms with Crippen LogP contribution in [0, 0.1) is 0 Å². The van der Waals surface area contributed by atoms with Gasteiger partial charge in [-0.05, 0) is 23.7 Å². The van der Waals surface area contributed by atoms with Crippen molar-refractivity contribution in [3.63, 3.8) is 0 Å². The molecule has 2 aromatic rings. The number of H-pyrrole nitrogens is 1. The van der Waals surface area contributed by atoms with Crippen molar-refractivity contribution in [1.82, 2.24) is 25.6 Å². The molecular weight excluding hydrogens is 269 g/mol. The summed E-state index contributed by atoms with van der Waals surface area (Å²) in [5, 5.41) is 22.3. The van der Waals surface area contributed by atoms with Crippen molar-refractivity contribution in [2.45, 2.75) is 18.0 Å². The molecule has 2 rings (SSSR count). The van der Waals surface area contributed by atoms with Crippen molar-refractivity contribution >= 4 is 16.8 Å². The van der Waals surface area contributed by atoms with E-state index in [0.717, 1.165) is 0 Å². The summed E-state index contributed by atoms with van der Waals surface area (Å²) in [6, 6.07) is 2.95. The minimum Gasteiger partial charge on any atom is -0.451 e. The highest BCUT2D eigenvalue weighted by Gasteiger charge is 2.17. The number of nitrogens with one attached hydrogen (secondary N) is 1. The highest BCUT2D eigenvalue weighted by Crippen LogP contribution is 2.15. The van der Waals surface area contributed by atoms with E-state index in [1.807, 2.05) is 0 Å². The lowest BCUT2D eigenvalue weighted by atomic mass is 9.69. The molecular formula is C9H12BN5O3S. The Hall–Kier alpha value is -1.81. The standard InChI is InChI=1S/C9H12BN5O3S/c1-10(16)4-5-19(17,18)7-2-3-8(11-6-7)9-12-14-15-13-9/h2-3,6,16H,4-5H2,1H3,(H,12,13,14,15). The number of sulfone groups is 1. The molecule has 0 bridgehead atoms. The zero-order chi connectivity index (χ0) is 13.9. The number of pyridine rings is 1. The maximum atomic E-state index is 11.9. The van der Waals surface area contributed by atoms with E-state index in [9.17, 15) is 8.42 Å². The topological polar surface area (TPSA) is 122 Å². The van der Waals surface area contributed by atoms with E-state index in [2.05, 4.69) is 25.6 Å². The first-order chi connectivity index (χ1) is 8.99. The first-order valence-electron chi connectivity index (χ1n) is 5.60. The Labute approximate surface area is 110 Å². The van der Waals surface area contributed by atoms with Crippen LogP contribution < -0.4 is 0 Å². The molecule has 0 saturated carbocycles. The molecule has 0 aliphatic heterocycles. The predicted octanol–water partition coefficient (Wildman–Crippen LogP) is -0.351. The van der Waals surface area contributed by atoms with Crippen LogP contribution in [0.5, 0.6) is 0 Å². The van der Waals surface area contributed by atoms with Crippen LogP contribution in [0.15, 0.2) is 23.2 Å². The Bertz CT molecular complexity index is 626. The fourth-order valence-corrected chi connectivity index (χ4v) is 2.79. The summed E-state index contributed by atoms with van der Waals surface area (Å²) in [7, 11) is -3.43. The fraction of sp³-hybridized carbons (Fsp3) is 0.333. The molecule has 10 heteroatoms. The number of nitrogens with zero attached hydrogens (tertiary/aromatic N) is 4. The van der Waals surface area contributed by atoms with Gasteiger partial charge in [0.2, 0.25) is 5.82 Å². The minimum atomic E-state index is -3.43. The molecule has 0 saturated heterocycles. The molecule has 0 unspecified atom stereocenters. The molecule has 100 valence electrons. The Kier molecular flexibility index (Phi) is 3.91. The van der Waals surface area contributed by atoms with Crippen LogP contribution in [0.3, 0.4) is 0 Å². The second-order valence-electron chi connectivity index (χ2n) is 4.07. The van der Waals surface area contributed by atoms with Gasteiger partial charge in [0, 0.05) is 6.20 Å². The normalized spacial score (nSPS) is 11.5. The molecule has 0 atom stereocenters. The molecule has 19 heavy (non-hydrogen) atoms. The number of aromatic amines is 1. The molecule has 2 aromatic heterocycles. The van der Waals surface area contributed by atoms with Crippen LogP contribution in [0.2, 0.25) is 13.1 Å². The van der Waals surface area contributed by atoms with Crippen LogP contribution in [0.1, 0.15) is 0 Å². The van der Waals surface area contributed by atoms with Gasteiger partial charge in [-0.15, -0.1) is 10.2 Å². The molecule has 2 N–H and O–H groups in total. The molecule has 0 amide bonds. The third-order valence-electron chi connectivity index (χ3n) is 2.47. The monoisotopic (exact) mass is 281 g/mol. The predicted molar refractivity (Wildman–Crippen MR) is 68.1 cm³/mol. The van der Waals surface area contributed by atoms with Crippen molar-refractivity contribution < 1.29 is 13.4 Å². The van der Waals surface area contributed by atoms with Gasteiger partial charge in [-0.25, -0.2) is 8.42 Å². The Morgan fingerprint density at radius 1 is 1.42 bits per heavy atom. The Balaban J connectivity index is 2.18. The van der Waals surface area contributed by atoms with Gasteiger partial charge in [-0.2, -0.15) is 5.21 Å². The molecule has 8 nitrogen and oxygen atoms in total. The first kappa shape index (κ1) is 13.6. The van der Waals surface area contributed by atoms with Crippen LogP contribution >= 0.6 is 0 Å². The summed E-state index contributed by atoms with van der Waals surface area (Å²) < 4.78 is 23.9. The second-order valence-corrected chi connectivity index (χ2v) is 6.18. The second kappa shape index (κ2) is 5.45. The number of hydrogen-bond acceptors (Lipinski definition) is 7. The highest BCUT2D eigenvalue weighted by atomic mass is 32.2. The third-order valence-corrected chi connectivity index (χ3v) is 4.21. The zero-order valence-electron chi connectivity index (χ0n) is 10.2. The smallest absolute Gasteiger partial charge is 0.286 e. The van der Waals surface area contributed by atoms with Crippen LogP contribution in [0.25, 0.3) is 11.5 Å². The largest absolute Gasteiger partial charge is 0.451 e. The quantitative estimate of drug-likeness (QED) is 0.718. The van der Waals surface area contributed by atoms with Crippen molar-refractivity contribution in [1.29, 1.82) is 0 Å². The van der Waals surface area contributed by atoms with E-state index >= 15 is 0 Å². The zero-order valence-corrected chi connectivity index (χ0v) is 11.0. The number of rotatable bonds is 5. The first-order valence-corrected chi connectivity index (χ1v) is 7.25. The van der Waals surface area contributed by atoms with Crippen molar-refractivity contribution in [3.8, 4) is 11.5 Å². The molecule has 2 heterocycles. The van der Waals surface area contributed by atoms with Gasteiger partial charge in [-0.1, -0.05) is 6.82 Å². The number of aromatic nitrogens is 5. The lowest BCUT2D eigenvalue weighted by Crippen LogP contribution is -2.14. The van der Waals surface area contributed by atoms with Crippen molar-refractivity contribution in [2.24, 2.45) is 0 Å². The molecule has 0 radical (unpaired) electrons. The van der Waals surface area contributed by atoms with E-state index in [1.165, 1.54) is 18.3 Å². The lowest BCUT2D eigenvalue weighted by molar-refractivity contribution is 0.573. The molecule has 0 aliphatic carbocycles. The van der Waals surface area contributed by atoms with Crippen LogP contribution in [0.4, 0.5) is 0 Å². The number of tetrazole rings is 1. The molecule has 0 aliphatic rings. The lowest BCUT2D eigenvalue weighted by Gasteiger charge is -2.04. The van der Waals surface area contributed by atoms with Gasteiger partial charge < -0.3 is 5.02 Å². The van der Waals surface area contributed by atoms with Crippen LogP contribution in [-0.2, 0) is 9.84 Å². The van der Waals surface area contributed by atoms with Crippen LogP contribution in [-0.4, -0.2) is 51.7 Å². The van der Waals surface area contributed by atoms with E-state index in [1.54, 1.807) is 6.82 Å². The van der Waals surface area contributed by atoms with Crippen molar-refractivity contribution in [2.75, 3.05) is 5.75 Å². The third kappa shape index (κ3) is 3.35. The van der Waals surface area contributed by atoms with Gasteiger partial charge in [0.15, 0.2) is 9.84 Å². The SMILES string of the molecule is CB(O)CCS(=O)(=O)c1ccc(-c2nn[nH]n2)nc1. The number of hydrogen-bond donors (Lipinski definition) is 2. The van der Waals surface area contributed by atoms with Crippen molar-refractivity contribution in [3.05, 3.63) is 18.3 Å². The van der Waals surface area contributed by atoms with E-state index in [0.29, 0.717) is 11.5 Å². The minimum absolute atomic E-state index is 0.111. The summed E-state index contributed by atoms with van der Waals surface area (Å²) in [4.78, 5) is 4.10.